The SMILES string of the molecule is NS(=O)(=O)c1ccc(NCCCc2cccc(F)c2)c([N+](=O)[O-])c1. The monoisotopic (exact) mass is 353 g/mol. The van der Waals surface area contributed by atoms with Crippen molar-refractivity contribution in [2.45, 2.75) is 17.7 Å². The van der Waals surface area contributed by atoms with Crippen molar-refractivity contribution in [1.82, 2.24) is 0 Å². The highest BCUT2D eigenvalue weighted by Crippen LogP contribution is 2.27. The predicted octanol–water partition coefficient (Wildman–Crippen LogP) is 2.43. The summed E-state index contributed by atoms with van der Waals surface area (Å²) in [6, 6.07) is 9.64. The Morgan fingerprint density at radius 1 is 1.21 bits per heavy atom. The smallest absolute Gasteiger partial charge is 0.293 e. The quantitative estimate of drug-likeness (QED) is 0.450. The zero-order chi connectivity index (χ0) is 17.7. The number of benzene rings is 2. The highest BCUT2D eigenvalue weighted by atomic mass is 32.2. The third kappa shape index (κ3) is 4.74. The summed E-state index contributed by atoms with van der Waals surface area (Å²) >= 11 is 0. The van der Waals surface area contributed by atoms with Gasteiger partial charge in [-0.25, -0.2) is 17.9 Å². The van der Waals surface area contributed by atoms with Crippen LogP contribution in [0.5, 0.6) is 0 Å². The number of nitro benzene ring substituents is 1. The van der Waals surface area contributed by atoms with Crippen LogP contribution in [0.25, 0.3) is 0 Å². The number of sulfonamides is 1. The van der Waals surface area contributed by atoms with E-state index in [-0.39, 0.29) is 22.1 Å². The first kappa shape index (κ1) is 17.8. The van der Waals surface area contributed by atoms with Gasteiger partial charge in [0, 0.05) is 12.6 Å². The molecular formula is C15H16FN3O4S. The average Bonchev–Trinajstić information content (AvgIpc) is 2.50. The van der Waals surface area contributed by atoms with E-state index >= 15 is 0 Å². The Morgan fingerprint density at radius 2 is 1.96 bits per heavy atom. The maximum absolute atomic E-state index is 13.1. The van der Waals surface area contributed by atoms with Gasteiger partial charge in [0.05, 0.1) is 9.82 Å². The number of nitrogens with two attached hydrogens (primary N) is 1. The number of hydrogen-bond donors (Lipinski definition) is 2. The lowest BCUT2D eigenvalue weighted by Gasteiger charge is -2.08. The van der Waals surface area contributed by atoms with Crippen molar-refractivity contribution in [2.75, 3.05) is 11.9 Å². The molecule has 9 heteroatoms. The lowest BCUT2D eigenvalue weighted by molar-refractivity contribution is -0.384. The van der Waals surface area contributed by atoms with Gasteiger partial charge in [-0.15, -0.1) is 0 Å². The summed E-state index contributed by atoms with van der Waals surface area (Å²) in [5.74, 6) is -0.310. The van der Waals surface area contributed by atoms with E-state index in [2.05, 4.69) is 5.32 Å². The number of hydrogen-bond acceptors (Lipinski definition) is 5. The van der Waals surface area contributed by atoms with Gasteiger partial charge >= 0.3 is 0 Å². The van der Waals surface area contributed by atoms with Crippen LogP contribution < -0.4 is 10.5 Å². The summed E-state index contributed by atoms with van der Waals surface area (Å²) in [5.41, 5.74) is 0.662. The number of aryl methyl sites for hydroxylation is 1. The summed E-state index contributed by atoms with van der Waals surface area (Å²) in [4.78, 5) is 10.1. The molecule has 0 unspecified atom stereocenters. The maximum atomic E-state index is 13.1. The van der Waals surface area contributed by atoms with Gasteiger partial charge in [-0.05, 0) is 42.7 Å². The minimum Gasteiger partial charge on any atom is -0.379 e. The van der Waals surface area contributed by atoms with Crippen LogP contribution in [-0.4, -0.2) is 19.9 Å². The first-order chi connectivity index (χ1) is 11.3. The molecule has 0 aliphatic carbocycles. The molecule has 0 saturated carbocycles. The van der Waals surface area contributed by atoms with Gasteiger partial charge in [-0.2, -0.15) is 0 Å². The first-order valence-corrected chi connectivity index (χ1v) is 8.61. The van der Waals surface area contributed by atoms with Crippen LogP contribution in [0.4, 0.5) is 15.8 Å². The van der Waals surface area contributed by atoms with Gasteiger partial charge in [-0.3, -0.25) is 10.1 Å². The lowest BCUT2D eigenvalue weighted by Crippen LogP contribution is -2.13. The number of nitrogens with zero attached hydrogens (tertiary/aromatic N) is 1. The second-order valence-corrected chi connectivity index (χ2v) is 6.70. The standard InChI is InChI=1S/C15H16FN3O4S/c16-12-5-1-3-11(9-12)4-2-8-18-14-7-6-13(24(17,22)23)10-15(14)19(20)21/h1,3,5-7,9-10,18H,2,4,8H2,(H2,17,22,23). The minimum atomic E-state index is -4.01. The zero-order valence-corrected chi connectivity index (χ0v) is 13.4. The normalized spacial score (nSPS) is 11.2. The fourth-order valence-electron chi connectivity index (χ4n) is 2.20. The highest BCUT2D eigenvalue weighted by Gasteiger charge is 2.18. The molecule has 0 saturated heterocycles. The topological polar surface area (TPSA) is 115 Å². The van der Waals surface area contributed by atoms with E-state index in [1.165, 1.54) is 24.3 Å². The van der Waals surface area contributed by atoms with Crippen molar-refractivity contribution in [3.8, 4) is 0 Å². The molecule has 0 bridgehead atoms. The van der Waals surface area contributed by atoms with Gasteiger partial charge in [0.1, 0.15) is 11.5 Å². The third-order valence-corrected chi connectivity index (χ3v) is 4.25. The molecule has 0 fully saturated rings. The molecule has 3 N–H and O–H groups in total. The summed E-state index contributed by atoms with van der Waals surface area (Å²) in [6.45, 7) is 0.409. The summed E-state index contributed by atoms with van der Waals surface area (Å²) in [6.07, 6.45) is 1.23. The molecule has 2 aromatic carbocycles. The molecule has 0 aliphatic rings. The second-order valence-electron chi connectivity index (χ2n) is 5.14. The zero-order valence-electron chi connectivity index (χ0n) is 12.6. The van der Waals surface area contributed by atoms with Gasteiger partial charge in [0.25, 0.3) is 5.69 Å². The molecule has 0 heterocycles. The van der Waals surface area contributed by atoms with Gasteiger partial charge in [-0.1, -0.05) is 12.1 Å². The molecule has 7 nitrogen and oxygen atoms in total. The molecule has 0 amide bonds. The van der Waals surface area contributed by atoms with E-state index < -0.39 is 14.9 Å². The molecule has 0 aliphatic heterocycles. The van der Waals surface area contributed by atoms with Crippen molar-refractivity contribution in [1.29, 1.82) is 0 Å². The Kier molecular flexibility index (Phi) is 5.47. The number of halogens is 1. The van der Waals surface area contributed by atoms with E-state index in [4.69, 9.17) is 5.14 Å². The molecule has 128 valence electrons. The first-order valence-electron chi connectivity index (χ1n) is 7.07. The molecule has 0 radical (unpaired) electrons. The van der Waals surface area contributed by atoms with Gasteiger partial charge in [0.15, 0.2) is 0 Å². The fourth-order valence-corrected chi connectivity index (χ4v) is 2.73. The van der Waals surface area contributed by atoms with Gasteiger partial charge in [0.2, 0.25) is 10.0 Å². The summed E-state index contributed by atoms with van der Waals surface area (Å²) in [7, 11) is -4.01. The van der Waals surface area contributed by atoms with E-state index in [0.29, 0.717) is 19.4 Å². The second kappa shape index (κ2) is 7.37. The molecule has 0 spiro atoms. The van der Waals surface area contributed by atoms with E-state index in [1.54, 1.807) is 12.1 Å². The summed E-state index contributed by atoms with van der Waals surface area (Å²) in [5, 5.41) is 18.9. The summed E-state index contributed by atoms with van der Waals surface area (Å²) < 4.78 is 35.6. The number of anilines is 1. The average molecular weight is 353 g/mol. The van der Waals surface area contributed by atoms with Crippen molar-refractivity contribution >= 4 is 21.4 Å². The van der Waals surface area contributed by atoms with Crippen LogP contribution in [-0.2, 0) is 16.4 Å². The maximum Gasteiger partial charge on any atom is 0.293 e. The van der Waals surface area contributed by atoms with E-state index in [9.17, 15) is 22.9 Å². The van der Waals surface area contributed by atoms with Gasteiger partial charge < -0.3 is 5.32 Å². The predicted molar refractivity (Wildman–Crippen MR) is 87.7 cm³/mol. The molecule has 0 atom stereocenters. The molecule has 2 aromatic rings. The molecular weight excluding hydrogens is 337 g/mol. The number of rotatable bonds is 7. The molecule has 2 rings (SSSR count). The highest BCUT2D eigenvalue weighted by molar-refractivity contribution is 7.89. The van der Waals surface area contributed by atoms with Crippen LogP contribution in [0.15, 0.2) is 47.4 Å². The van der Waals surface area contributed by atoms with Crippen LogP contribution in [0.2, 0.25) is 0 Å². The van der Waals surface area contributed by atoms with Crippen LogP contribution >= 0.6 is 0 Å². The number of nitrogens with one attached hydrogen (secondary N) is 1. The Morgan fingerprint density at radius 3 is 2.58 bits per heavy atom. The van der Waals surface area contributed by atoms with Crippen LogP contribution in [0, 0.1) is 15.9 Å². The Labute approximate surface area is 138 Å². The Hall–Kier alpha value is -2.52. The van der Waals surface area contributed by atoms with Crippen LogP contribution in [0.1, 0.15) is 12.0 Å². The van der Waals surface area contributed by atoms with E-state index in [0.717, 1.165) is 11.6 Å². The largest absolute Gasteiger partial charge is 0.379 e. The van der Waals surface area contributed by atoms with Crippen molar-refractivity contribution in [3.63, 3.8) is 0 Å². The fraction of sp³-hybridized carbons (Fsp3) is 0.200. The van der Waals surface area contributed by atoms with Crippen LogP contribution in [0.3, 0.4) is 0 Å². The van der Waals surface area contributed by atoms with Crippen molar-refractivity contribution < 1.29 is 17.7 Å². The van der Waals surface area contributed by atoms with Crippen molar-refractivity contribution in [2.24, 2.45) is 5.14 Å². The minimum absolute atomic E-state index is 0.201. The van der Waals surface area contributed by atoms with E-state index in [1.807, 2.05) is 0 Å². The third-order valence-electron chi connectivity index (χ3n) is 3.34. The molecule has 0 aromatic heterocycles. The number of primary sulfonamides is 1. The lowest BCUT2D eigenvalue weighted by atomic mass is 10.1. The number of nitro groups is 1. The Balaban J connectivity index is 2.03. The molecule has 24 heavy (non-hydrogen) atoms. The Bertz CT molecular complexity index is 856. The van der Waals surface area contributed by atoms with Crippen molar-refractivity contribution in [3.05, 3.63) is 64.0 Å².